The predicted octanol–water partition coefficient (Wildman–Crippen LogP) is -1.30. The molecule has 0 aliphatic heterocycles. The van der Waals surface area contributed by atoms with Crippen molar-refractivity contribution in [2.75, 3.05) is 12.3 Å². The highest BCUT2D eigenvalue weighted by Crippen LogP contribution is 2.06. The third kappa shape index (κ3) is 4.91. The Balaban J connectivity index is 2.73. The lowest BCUT2D eigenvalue weighted by Gasteiger charge is -2.04. The summed E-state index contributed by atoms with van der Waals surface area (Å²) in [5, 5.41) is 4.63. The molecule has 0 atom stereocenters. The molecule has 0 aliphatic carbocycles. The van der Waals surface area contributed by atoms with Crippen LogP contribution in [0, 0.1) is 0 Å². The number of halogens is 1. The largest absolute Gasteiger partial charge is 0.243 e. The highest BCUT2D eigenvalue weighted by atomic mass is 35.5. The van der Waals surface area contributed by atoms with Gasteiger partial charge < -0.3 is 0 Å². The summed E-state index contributed by atoms with van der Waals surface area (Å²) in [5.74, 6) is -0.499. The highest BCUT2D eigenvalue weighted by Gasteiger charge is 2.15. The van der Waals surface area contributed by atoms with E-state index in [-0.39, 0.29) is 16.7 Å². The Hall–Kier alpha value is -0.810. The normalized spacial score (nSPS) is 12.6. The number of hydrogen-bond donors (Lipinski definition) is 2. The summed E-state index contributed by atoms with van der Waals surface area (Å²) >= 11 is 5.39. The fraction of sp³-hybridized carbons (Fsp3) is 0.333. The Morgan fingerprint density at radius 1 is 1.24 bits per heavy atom. The van der Waals surface area contributed by atoms with E-state index in [0.29, 0.717) is 0 Å². The lowest BCUT2D eigenvalue weighted by Crippen LogP contribution is -2.31. The number of primary sulfonamides is 1. The molecule has 1 aromatic heterocycles. The molecule has 1 heterocycles. The zero-order valence-corrected chi connectivity index (χ0v) is 10.8. The van der Waals surface area contributed by atoms with Crippen molar-refractivity contribution in [1.29, 1.82) is 0 Å². The molecule has 11 heteroatoms. The highest BCUT2D eigenvalue weighted by molar-refractivity contribution is 7.90. The second kappa shape index (κ2) is 5.23. The van der Waals surface area contributed by atoms with Gasteiger partial charge in [0.2, 0.25) is 25.3 Å². The number of sulfonamides is 2. The predicted molar refractivity (Wildman–Crippen MR) is 60.2 cm³/mol. The van der Waals surface area contributed by atoms with Crippen LogP contribution in [-0.2, 0) is 20.0 Å². The molecule has 96 valence electrons. The second-order valence-corrected chi connectivity index (χ2v) is 6.79. The minimum Gasteiger partial charge on any atom is -0.229 e. The van der Waals surface area contributed by atoms with E-state index in [4.69, 9.17) is 16.7 Å². The van der Waals surface area contributed by atoms with Gasteiger partial charge in [-0.3, -0.25) is 0 Å². The van der Waals surface area contributed by atoms with Crippen molar-refractivity contribution in [3.05, 3.63) is 17.7 Å². The fourth-order valence-corrected chi connectivity index (χ4v) is 2.37. The summed E-state index contributed by atoms with van der Waals surface area (Å²) in [6.45, 7) is -0.330. The molecule has 17 heavy (non-hydrogen) atoms. The first-order valence-corrected chi connectivity index (χ1v) is 7.76. The van der Waals surface area contributed by atoms with Crippen molar-refractivity contribution in [2.24, 2.45) is 5.14 Å². The number of hydrogen-bond acceptors (Lipinski definition) is 6. The molecule has 0 radical (unpaired) electrons. The van der Waals surface area contributed by atoms with E-state index >= 15 is 0 Å². The molecule has 0 saturated carbocycles. The molecule has 1 aromatic rings. The monoisotopic (exact) mass is 300 g/mol. The average molecular weight is 301 g/mol. The molecule has 0 aliphatic rings. The van der Waals surface area contributed by atoms with Gasteiger partial charge in [-0.25, -0.2) is 36.7 Å². The first kappa shape index (κ1) is 14.3. The molecule has 3 N–H and O–H groups in total. The molecule has 0 aromatic carbocycles. The van der Waals surface area contributed by atoms with E-state index in [2.05, 4.69) is 9.97 Å². The third-order valence-corrected chi connectivity index (χ3v) is 3.97. The lowest BCUT2D eigenvalue weighted by molar-refractivity contribution is 0.580. The van der Waals surface area contributed by atoms with E-state index in [1.165, 1.54) is 0 Å². The van der Waals surface area contributed by atoms with Crippen LogP contribution in [-0.4, -0.2) is 39.1 Å². The van der Waals surface area contributed by atoms with Gasteiger partial charge >= 0.3 is 0 Å². The molecular weight excluding hydrogens is 292 g/mol. The quantitative estimate of drug-likeness (QED) is 0.649. The van der Waals surface area contributed by atoms with Crippen LogP contribution in [0.1, 0.15) is 0 Å². The van der Waals surface area contributed by atoms with Gasteiger partial charge in [0.15, 0.2) is 0 Å². The molecule has 0 bridgehead atoms. The SMILES string of the molecule is NS(=O)(=O)CCNS(=O)(=O)c1cnc(Cl)nc1. The lowest BCUT2D eigenvalue weighted by atomic mass is 10.7. The number of nitrogens with two attached hydrogens (primary N) is 1. The van der Waals surface area contributed by atoms with Crippen LogP contribution in [0.5, 0.6) is 0 Å². The number of nitrogens with one attached hydrogen (secondary N) is 1. The smallest absolute Gasteiger partial charge is 0.229 e. The zero-order valence-electron chi connectivity index (χ0n) is 8.37. The number of nitrogens with zero attached hydrogens (tertiary/aromatic N) is 2. The molecule has 0 saturated heterocycles. The summed E-state index contributed by atoms with van der Waals surface area (Å²) < 4.78 is 46.4. The zero-order chi connectivity index (χ0) is 13.1. The van der Waals surface area contributed by atoms with Gasteiger partial charge in [0, 0.05) is 6.54 Å². The van der Waals surface area contributed by atoms with Gasteiger partial charge in [0.05, 0.1) is 18.1 Å². The first-order chi connectivity index (χ1) is 7.71. The van der Waals surface area contributed by atoms with Crippen molar-refractivity contribution in [1.82, 2.24) is 14.7 Å². The Morgan fingerprint density at radius 2 is 1.76 bits per heavy atom. The Labute approximate surface area is 103 Å². The molecule has 8 nitrogen and oxygen atoms in total. The number of rotatable bonds is 5. The van der Waals surface area contributed by atoms with Crippen LogP contribution in [0.15, 0.2) is 17.3 Å². The first-order valence-electron chi connectivity index (χ1n) is 4.18. The molecule has 0 fully saturated rings. The maximum absolute atomic E-state index is 11.6. The summed E-state index contributed by atoms with van der Waals surface area (Å²) in [6.07, 6.45) is 2.02. The molecular formula is C6H9ClN4O4S2. The van der Waals surface area contributed by atoms with Crippen LogP contribution in [0.3, 0.4) is 0 Å². The minimum atomic E-state index is -3.85. The minimum absolute atomic E-state index is 0.0894. The summed E-state index contributed by atoms with van der Waals surface area (Å²) in [5.41, 5.74) is 0. The molecule has 0 unspecified atom stereocenters. The van der Waals surface area contributed by atoms with Gasteiger partial charge in [-0.2, -0.15) is 0 Å². The van der Waals surface area contributed by atoms with Gasteiger partial charge in [-0.1, -0.05) is 0 Å². The maximum Gasteiger partial charge on any atom is 0.243 e. The van der Waals surface area contributed by atoms with E-state index < -0.39 is 25.8 Å². The van der Waals surface area contributed by atoms with E-state index in [0.717, 1.165) is 12.4 Å². The summed E-state index contributed by atoms with van der Waals surface area (Å²) in [7, 11) is -7.57. The standard InChI is InChI=1S/C6H9ClN4O4S2/c7-6-9-3-5(4-10-6)17(14,15)11-1-2-16(8,12)13/h3-4,11H,1-2H2,(H2,8,12,13). The Bertz CT molecular complexity index is 583. The third-order valence-electron chi connectivity index (χ3n) is 1.59. The van der Waals surface area contributed by atoms with Crippen LogP contribution < -0.4 is 9.86 Å². The van der Waals surface area contributed by atoms with Gasteiger partial charge in [-0.05, 0) is 11.6 Å². The summed E-state index contributed by atoms with van der Waals surface area (Å²) in [4.78, 5) is 6.78. The Kier molecular flexibility index (Phi) is 4.38. The van der Waals surface area contributed by atoms with Crippen molar-refractivity contribution in [2.45, 2.75) is 4.90 Å². The maximum atomic E-state index is 11.6. The fourth-order valence-electron chi connectivity index (χ4n) is 0.841. The summed E-state index contributed by atoms with van der Waals surface area (Å²) in [6, 6.07) is 0. The van der Waals surface area contributed by atoms with Crippen LogP contribution >= 0.6 is 11.6 Å². The van der Waals surface area contributed by atoms with Crippen molar-refractivity contribution < 1.29 is 16.8 Å². The van der Waals surface area contributed by atoms with E-state index in [1.807, 2.05) is 4.72 Å². The number of aromatic nitrogens is 2. The van der Waals surface area contributed by atoms with Crippen molar-refractivity contribution in [3.8, 4) is 0 Å². The molecule has 0 amide bonds. The van der Waals surface area contributed by atoms with Crippen LogP contribution in [0.25, 0.3) is 0 Å². The van der Waals surface area contributed by atoms with E-state index in [9.17, 15) is 16.8 Å². The second-order valence-electron chi connectivity index (χ2n) is 2.95. The van der Waals surface area contributed by atoms with Crippen LogP contribution in [0.2, 0.25) is 5.28 Å². The van der Waals surface area contributed by atoms with Crippen molar-refractivity contribution in [3.63, 3.8) is 0 Å². The molecule has 0 spiro atoms. The topological polar surface area (TPSA) is 132 Å². The molecule has 1 rings (SSSR count). The van der Waals surface area contributed by atoms with Gasteiger partial charge in [-0.15, -0.1) is 0 Å². The van der Waals surface area contributed by atoms with Gasteiger partial charge in [0.1, 0.15) is 4.90 Å². The van der Waals surface area contributed by atoms with E-state index in [1.54, 1.807) is 0 Å². The van der Waals surface area contributed by atoms with Gasteiger partial charge in [0.25, 0.3) is 0 Å². The van der Waals surface area contributed by atoms with Crippen molar-refractivity contribution >= 4 is 31.6 Å². The Morgan fingerprint density at radius 3 is 2.24 bits per heavy atom. The van der Waals surface area contributed by atoms with Crippen LogP contribution in [0.4, 0.5) is 0 Å². The average Bonchev–Trinajstić information content (AvgIpc) is 2.15.